The Bertz CT molecular complexity index is 630. The van der Waals surface area contributed by atoms with E-state index in [0.717, 1.165) is 5.56 Å². The summed E-state index contributed by atoms with van der Waals surface area (Å²) in [6.07, 6.45) is 0. The highest BCUT2D eigenvalue weighted by Gasteiger charge is 2.16. The highest BCUT2D eigenvalue weighted by atomic mass is 16.5. The van der Waals surface area contributed by atoms with Crippen LogP contribution in [0.5, 0.6) is 11.5 Å². The Balaban J connectivity index is 2.51. The summed E-state index contributed by atoms with van der Waals surface area (Å²) in [6, 6.07) is 10.4. The second-order valence-electron chi connectivity index (χ2n) is 4.53. The summed E-state index contributed by atoms with van der Waals surface area (Å²) >= 11 is 0. The van der Waals surface area contributed by atoms with Crippen LogP contribution in [0.4, 0.5) is 5.69 Å². The molecule has 2 aromatic carbocycles. The molecule has 0 aliphatic carbocycles. The molecule has 4 heteroatoms. The summed E-state index contributed by atoms with van der Waals surface area (Å²) in [4.78, 5) is 12.6. The van der Waals surface area contributed by atoms with E-state index in [1.165, 1.54) is 7.11 Å². The number of ketones is 1. The van der Waals surface area contributed by atoms with Crippen molar-refractivity contribution in [2.45, 2.75) is 6.92 Å². The van der Waals surface area contributed by atoms with Gasteiger partial charge in [0.2, 0.25) is 0 Å². The summed E-state index contributed by atoms with van der Waals surface area (Å²) < 4.78 is 10.4. The lowest BCUT2D eigenvalue weighted by atomic mass is 10.00. The molecule has 0 bridgehead atoms. The average Bonchev–Trinajstić information content (AvgIpc) is 2.44. The van der Waals surface area contributed by atoms with E-state index in [1.807, 2.05) is 13.0 Å². The van der Waals surface area contributed by atoms with Gasteiger partial charge in [0.05, 0.1) is 19.8 Å². The van der Waals surface area contributed by atoms with Crippen LogP contribution in [0.25, 0.3) is 0 Å². The van der Waals surface area contributed by atoms with Crippen molar-refractivity contribution in [1.29, 1.82) is 0 Å². The molecule has 0 saturated carbocycles. The number of benzene rings is 2. The Labute approximate surface area is 118 Å². The van der Waals surface area contributed by atoms with E-state index in [1.54, 1.807) is 37.4 Å². The van der Waals surface area contributed by atoms with Gasteiger partial charge in [-0.1, -0.05) is 0 Å². The van der Waals surface area contributed by atoms with Gasteiger partial charge in [-0.05, 0) is 48.9 Å². The van der Waals surface area contributed by atoms with E-state index in [0.29, 0.717) is 28.3 Å². The summed E-state index contributed by atoms with van der Waals surface area (Å²) in [7, 11) is 3.09. The first-order valence-corrected chi connectivity index (χ1v) is 6.19. The van der Waals surface area contributed by atoms with Crippen LogP contribution in [0.1, 0.15) is 21.5 Å². The lowest BCUT2D eigenvalue weighted by Gasteiger charge is -2.10. The normalized spacial score (nSPS) is 10.2. The van der Waals surface area contributed by atoms with E-state index in [-0.39, 0.29) is 5.78 Å². The van der Waals surface area contributed by atoms with Crippen molar-refractivity contribution >= 4 is 11.5 Å². The SMILES string of the molecule is COc1ccc(OC)c(C(=O)c2cc(C)cc(N)c2)c1. The largest absolute Gasteiger partial charge is 0.497 e. The summed E-state index contributed by atoms with van der Waals surface area (Å²) in [5, 5.41) is 0. The minimum absolute atomic E-state index is 0.142. The van der Waals surface area contributed by atoms with Crippen molar-refractivity contribution in [3.8, 4) is 11.5 Å². The first kappa shape index (κ1) is 13.9. The van der Waals surface area contributed by atoms with E-state index in [4.69, 9.17) is 15.2 Å². The summed E-state index contributed by atoms with van der Waals surface area (Å²) in [6.45, 7) is 1.90. The molecule has 0 fully saturated rings. The molecule has 2 aromatic rings. The standard InChI is InChI=1S/C16H17NO3/c1-10-6-11(8-12(17)7-10)16(18)14-9-13(19-2)4-5-15(14)20-3/h4-9H,17H2,1-3H3. The topological polar surface area (TPSA) is 61.5 Å². The van der Waals surface area contributed by atoms with Crippen LogP contribution in [-0.4, -0.2) is 20.0 Å². The minimum Gasteiger partial charge on any atom is -0.497 e. The molecule has 0 amide bonds. The molecule has 2 N–H and O–H groups in total. The maximum Gasteiger partial charge on any atom is 0.196 e. The number of ether oxygens (including phenoxy) is 2. The fourth-order valence-electron chi connectivity index (χ4n) is 2.09. The smallest absolute Gasteiger partial charge is 0.196 e. The van der Waals surface area contributed by atoms with Crippen molar-refractivity contribution in [1.82, 2.24) is 0 Å². The number of anilines is 1. The lowest BCUT2D eigenvalue weighted by molar-refractivity contribution is 0.103. The maximum absolute atomic E-state index is 12.6. The molecule has 0 radical (unpaired) electrons. The van der Waals surface area contributed by atoms with Crippen LogP contribution in [0.15, 0.2) is 36.4 Å². The molecule has 0 saturated heterocycles. The van der Waals surface area contributed by atoms with Gasteiger partial charge in [-0.25, -0.2) is 0 Å². The lowest BCUT2D eigenvalue weighted by Crippen LogP contribution is -2.05. The maximum atomic E-state index is 12.6. The van der Waals surface area contributed by atoms with Crippen LogP contribution in [0.2, 0.25) is 0 Å². The molecule has 0 atom stereocenters. The first-order valence-electron chi connectivity index (χ1n) is 6.19. The van der Waals surface area contributed by atoms with E-state index in [9.17, 15) is 4.79 Å². The average molecular weight is 271 g/mol. The van der Waals surface area contributed by atoms with Gasteiger partial charge in [-0.3, -0.25) is 4.79 Å². The highest BCUT2D eigenvalue weighted by molar-refractivity contribution is 6.11. The third-order valence-electron chi connectivity index (χ3n) is 3.01. The minimum atomic E-state index is -0.142. The number of methoxy groups -OCH3 is 2. The van der Waals surface area contributed by atoms with Gasteiger partial charge in [0.1, 0.15) is 11.5 Å². The van der Waals surface area contributed by atoms with Gasteiger partial charge in [-0.2, -0.15) is 0 Å². The zero-order valence-corrected chi connectivity index (χ0v) is 11.8. The third kappa shape index (κ3) is 2.74. The Hall–Kier alpha value is -2.49. The fourth-order valence-corrected chi connectivity index (χ4v) is 2.09. The van der Waals surface area contributed by atoms with Crippen molar-refractivity contribution in [2.75, 3.05) is 20.0 Å². The molecule has 0 aromatic heterocycles. The summed E-state index contributed by atoms with van der Waals surface area (Å²) in [5.74, 6) is 0.974. The predicted molar refractivity (Wildman–Crippen MR) is 78.6 cm³/mol. The van der Waals surface area contributed by atoms with Crippen molar-refractivity contribution in [3.05, 3.63) is 53.1 Å². The van der Waals surface area contributed by atoms with Crippen LogP contribution < -0.4 is 15.2 Å². The van der Waals surface area contributed by atoms with E-state index >= 15 is 0 Å². The predicted octanol–water partition coefficient (Wildman–Crippen LogP) is 2.83. The molecule has 0 spiro atoms. The van der Waals surface area contributed by atoms with Gasteiger partial charge in [0.15, 0.2) is 5.78 Å². The number of nitrogen functional groups attached to an aromatic ring is 1. The van der Waals surface area contributed by atoms with Crippen molar-refractivity contribution in [3.63, 3.8) is 0 Å². The third-order valence-corrected chi connectivity index (χ3v) is 3.01. The highest BCUT2D eigenvalue weighted by Crippen LogP contribution is 2.27. The first-order chi connectivity index (χ1) is 9.55. The second-order valence-corrected chi connectivity index (χ2v) is 4.53. The monoisotopic (exact) mass is 271 g/mol. The van der Waals surface area contributed by atoms with Crippen LogP contribution >= 0.6 is 0 Å². The molecule has 0 aliphatic rings. The second kappa shape index (κ2) is 5.65. The number of aryl methyl sites for hydroxylation is 1. The van der Waals surface area contributed by atoms with E-state index < -0.39 is 0 Å². The molecule has 104 valence electrons. The quantitative estimate of drug-likeness (QED) is 0.686. The Morgan fingerprint density at radius 2 is 1.80 bits per heavy atom. The molecule has 2 rings (SSSR count). The number of hydrogen-bond acceptors (Lipinski definition) is 4. The van der Waals surface area contributed by atoms with E-state index in [2.05, 4.69) is 0 Å². The Kier molecular flexibility index (Phi) is 3.94. The Morgan fingerprint density at radius 3 is 2.40 bits per heavy atom. The van der Waals surface area contributed by atoms with Crippen LogP contribution in [0.3, 0.4) is 0 Å². The van der Waals surface area contributed by atoms with Crippen LogP contribution in [-0.2, 0) is 0 Å². The molecular formula is C16H17NO3. The number of carbonyl (C=O) groups is 1. The van der Waals surface area contributed by atoms with Gasteiger partial charge in [-0.15, -0.1) is 0 Å². The molecule has 0 heterocycles. The van der Waals surface area contributed by atoms with Gasteiger partial charge < -0.3 is 15.2 Å². The molecular weight excluding hydrogens is 254 g/mol. The molecule has 0 unspecified atom stereocenters. The van der Waals surface area contributed by atoms with Crippen molar-refractivity contribution in [2.24, 2.45) is 0 Å². The zero-order valence-electron chi connectivity index (χ0n) is 11.8. The molecule has 0 aliphatic heterocycles. The number of nitrogens with two attached hydrogens (primary N) is 1. The number of hydrogen-bond donors (Lipinski definition) is 1. The van der Waals surface area contributed by atoms with Gasteiger partial charge >= 0.3 is 0 Å². The molecule has 4 nitrogen and oxygen atoms in total. The number of carbonyl (C=O) groups excluding carboxylic acids is 1. The number of rotatable bonds is 4. The zero-order chi connectivity index (χ0) is 14.7. The fraction of sp³-hybridized carbons (Fsp3) is 0.188. The summed E-state index contributed by atoms with van der Waals surface area (Å²) in [5.41, 5.74) is 8.29. The molecule has 20 heavy (non-hydrogen) atoms. The van der Waals surface area contributed by atoms with Crippen LogP contribution in [0, 0.1) is 6.92 Å². The van der Waals surface area contributed by atoms with Gasteiger partial charge in [0.25, 0.3) is 0 Å². The van der Waals surface area contributed by atoms with Crippen molar-refractivity contribution < 1.29 is 14.3 Å². The van der Waals surface area contributed by atoms with Gasteiger partial charge in [0, 0.05) is 11.3 Å². The Morgan fingerprint density at radius 1 is 1.05 bits per heavy atom.